The first-order valence-corrected chi connectivity index (χ1v) is 26.4. The van der Waals surface area contributed by atoms with E-state index >= 15 is 0 Å². The molecule has 5 aliphatic rings. The fourth-order valence-electron chi connectivity index (χ4n) is 15.0. The molecule has 1 aliphatic heterocycles. The van der Waals surface area contributed by atoms with E-state index in [1.165, 1.54) is 89.0 Å². The summed E-state index contributed by atoms with van der Waals surface area (Å²) in [5.41, 5.74) is 25.1. The Kier molecular flexibility index (Phi) is 7.97. The van der Waals surface area contributed by atoms with E-state index < -0.39 is 10.8 Å². The van der Waals surface area contributed by atoms with Crippen LogP contribution in [0.25, 0.3) is 66.1 Å². The minimum atomic E-state index is -0.701. The Labute approximate surface area is 436 Å². The average molecular weight is 954 g/mol. The summed E-state index contributed by atoms with van der Waals surface area (Å²) < 4.78 is 7.38. The van der Waals surface area contributed by atoms with Crippen molar-refractivity contribution in [3.63, 3.8) is 0 Å². The van der Waals surface area contributed by atoms with Gasteiger partial charge in [0.1, 0.15) is 11.5 Å². The Morgan fingerprint density at radius 2 is 0.587 bits per heavy atom. The quantitative estimate of drug-likeness (QED) is 0.175. The van der Waals surface area contributed by atoms with E-state index in [1.807, 2.05) is 0 Å². The number of ether oxygens (including phenoxy) is 1. The molecule has 0 unspecified atom stereocenters. The smallest absolute Gasteiger partial charge is 0.140 e. The molecule has 350 valence electrons. The van der Waals surface area contributed by atoms with E-state index in [0.717, 1.165) is 61.2 Å². The van der Waals surface area contributed by atoms with Gasteiger partial charge in [-0.1, -0.05) is 226 Å². The van der Waals surface area contributed by atoms with Crippen LogP contribution in [-0.4, -0.2) is 0 Å². The molecule has 0 N–H and O–H groups in total. The molecule has 0 fully saturated rings. The molecule has 1 heterocycles. The van der Waals surface area contributed by atoms with Gasteiger partial charge in [-0.05, 0) is 136 Å². The summed E-state index contributed by atoms with van der Waals surface area (Å²) in [6.45, 7) is 4.78. The van der Waals surface area contributed by atoms with Crippen LogP contribution in [0.15, 0.2) is 249 Å². The van der Waals surface area contributed by atoms with Crippen molar-refractivity contribution in [1.82, 2.24) is 0 Å². The number of anilines is 3. The molecule has 4 aliphatic carbocycles. The van der Waals surface area contributed by atoms with E-state index in [9.17, 15) is 0 Å². The standard InChI is InChI=1S/C73H47NO/c1-71(2)59-26-12-7-21-51(59)56-36-33-46(41-66(56)71)74(47-34-37-57-54-24-10-15-29-62(54)72(67(57)42-47)60-27-13-8-22-52(60)53-23-9-14-28-61(53)72)48-35-38-58-55-25-11-16-30-63(55)73(68(58)43-48)64-39-31-44-17-3-5-19-49(44)69(64)75-70-50-20-6-4-18-45(50)32-40-65(70)73/h3-43H,1-2H3. The lowest BCUT2D eigenvalue weighted by atomic mass is 9.65. The Balaban J connectivity index is 0.964. The molecular formula is C73H47NO. The van der Waals surface area contributed by atoms with Gasteiger partial charge in [-0.2, -0.15) is 0 Å². The minimum absolute atomic E-state index is 0.195. The van der Waals surface area contributed by atoms with Crippen LogP contribution in [0.5, 0.6) is 11.5 Å². The van der Waals surface area contributed by atoms with Crippen molar-refractivity contribution in [2.24, 2.45) is 0 Å². The van der Waals surface area contributed by atoms with Crippen LogP contribution in [0.1, 0.15) is 69.5 Å². The molecule has 0 amide bonds. The molecule has 12 aromatic rings. The van der Waals surface area contributed by atoms with E-state index in [0.29, 0.717) is 0 Å². The van der Waals surface area contributed by atoms with Crippen molar-refractivity contribution in [2.45, 2.75) is 30.1 Å². The van der Waals surface area contributed by atoms with E-state index in [4.69, 9.17) is 4.74 Å². The molecule has 0 bridgehead atoms. The van der Waals surface area contributed by atoms with Crippen molar-refractivity contribution >= 4 is 38.6 Å². The molecular weight excluding hydrogens is 907 g/mol. The predicted molar refractivity (Wildman–Crippen MR) is 307 cm³/mol. The predicted octanol–water partition coefficient (Wildman–Crippen LogP) is 18.6. The van der Waals surface area contributed by atoms with Gasteiger partial charge < -0.3 is 9.64 Å². The zero-order valence-electron chi connectivity index (χ0n) is 41.5. The molecule has 0 saturated carbocycles. The van der Waals surface area contributed by atoms with Crippen LogP contribution in [0.4, 0.5) is 17.1 Å². The number of rotatable bonds is 3. The van der Waals surface area contributed by atoms with Gasteiger partial charge in [0.05, 0.1) is 10.8 Å². The summed E-state index contributed by atoms with van der Waals surface area (Å²) >= 11 is 0. The highest BCUT2D eigenvalue weighted by Crippen LogP contribution is 2.66. The Morgan fingerprint density at radius 3 is 1.03 bits per heavy atom. The average Bonchev–Trinajstić information content (AvgIpc) is 4.31. The monoisotopic (exact) mass is 953 g/mol. The molecule has 0 aromatic heterocycles. The Bertz CT molecular complexity index is 4370. The van der Waals surface area contributed by atoms with Crippen LogP contribution in [0.2, 0.25) is 0 Å². The van der Waals surface area contributed by atoms with Gasteiger partial charge in [-0.15, -0.1) is 0 Å². The van der Waals surface area contributed by atoms with E-state index in [1.54, 1.807) is 0 Å². The highest BCUT2D eigenvalue weighted by atomic mass is 16.5. The number of hydrogen-bond acceptors (Lipinski definition) is 2. The van der Waals surface area contributed by atoms with Gasteiger partial charge >= 0.3 is 0 Å². The summed E-state index contributed by atoms with van der Waals surface area (Å²) in [6.07, 6.45) is 0. The maximum absolute atomic E-state index is 7.38. The first-order chi connectivity index (χ1) is 37.0. The van der Waals surface area contributed by atoms with Gasteiger partial charge in [0, 0.05) is 44.4 Å². The third kappa shape index (κ3) is 5.05. The van der Waals surface area contributed by atoms with Crippen molar-refractivity contribution < 1.29 is 4.74 Å². The second kappa shape index (κ2) is 14.5. The lowest BCUT2D eigenvalue weighted by Crippen LogP contribution is -2.32. The molecule has 0 saturated heterocycles. The normalized spacial score (nSPS) is 15.2. The first kappa shape index (κ1) is 41.3. The molecule has 0 radical (unpaired) electrons. The summed E-state index contributed by atoms with van der Waals surface area (Å²) in [5, 5.41) is 4.54. The van der Waals surface area contributed by atoms with Gasteiger partial charge in [0.15, 0.2) is 0 Å². The Hall–Kier alpha value is -9.24. The fourth-order valence-corrected chi connectivity index (χ4v) is 15.0. The maximum Gasteiger partial charge on any atom is 0.140 e. The lowest BCUT2D eigenvalue weighted by molar-refractivity contribution is 0.447. The molecule has 75 heavy (non-hydrogen) atoms. The minimum Gasteiger partial charge on any atom is -0.455 e. The molecule has 2 nitrogen and oxygen atoms in total. The maximum atomic E-state index is 7.38. The topological polar surface area (TPSA) is 12.5 Å². The van der Waals surface area contributed by atoms with Crippen molar-refractivity contribution in [2.75, 3.05) is 4.90 Å². The SMILES string of the molecule is CC1(C)c2ccccc2-c2ccc(N(c3ccc4c(c3)C3(c5ccccc5-c5ccccc53)c3ccccc3-4)c3ccc4c(c3)C3(c5ccccc5-4)c4ccc5ccccc5c4Oc4c3ccc3ccccc43)cc21. The fraction of sp³-hybridized carbons (Fsp3) is 0.0685. The summed E-state index contributed by atoms with van der Waals surface area (Å²) in [5.74, 6) is 1.84. The van der Waals surface area contributed by atoms with E-state index in [-0.39, 0.29) is 5.41 Å². The van der Waals surface area contributed by atoms with E-state index in [2.05, 4.69) is 267 Å². The van der Waals surface area contributed by atoms with Crippen LogP contribution in [-0.2, 0) is 16.2 Å². The zero-order chi connectivity index (χ0) is 49.4. The van der Waals surface area contributed by atoms with Gasteiger partial charge in [-0.25, -0.2) is 0 Å². The molecule has 2 heteroatoms. The number of fused-ring (bicyclic) bond motifs is 26. The third-order valence-corrected chi connectivity index (χ3v) is 18.1. The lowest BCUT2D eigenvalue weighted by Gasteiger charge is -2.40. The second-order valence-corrected chi connectivity index (χ2v) is 21.8. The molecule has 2 spiro atoms. The highest BCUT2D eigenvalue weighted by Gasteiger charge is 2.54. The zero-order valence-corrected chi connectivity index (χ0v) is 41.5. The van der Waals surface area contributed by atoms with Gasteiger partial charge in [-0.3, -0.25) is 0 Å². The number of benzene rings is 12. The van der Waals surface area contributed by atoms with Crippen LogP contribution in [0.3, 0.4) is 0 Å². The molecule has 12 aromatic carbocycles. The van der Waals surface area contributed by atoms with Crippen molar-refractivity contribution in [1.29, 1.82) is 0 Å². The molecule has 0 atom stereocenters. The highest BCUT2D eigenvalue weighted by molar-refractivity contribution is 6.02. The van der Waals surface area contributed by atoms with Gasteiger partial charge in [0.25, 0.3) is 0 Å². The van der Waals surface area contributed by atoms with Crippen LogP contribution in [0, 0.1) is 0 Å². The number of hydrogen-bond donors (Lipinski definition) is 0. The first-order valence-electron chi connectivity index (χ1n) is 26.4. The van der Waals surface area contributed by atoms with Crippen molar-refractivity contribution in [3.8, 4) is 56.0 Å². The van der Waals surface area contributed by atoms with Crippen LogP contribution < -0.4 is 9.64 Å². The second-order valence-electron chi connectivity index (χ2n) is 21.8. The molecule has 17 rings (SSSR count). The number of nitrogens with zero attached hydrogens (tertiary/aromatic N) is 1. The summed E-state index contributed by atoms with van der Waals surface area (Å²) in [7, 11) is 0. The largest absolute Gasteiger partial charge is 0.455 e. The summed E-state index contributed by atoms with van der Waals surface area (Å²) in [6, 6.07) is 94.0. The van der Waals surface area contributed by atoms with Gasteiger partial charge in [0.2, 0.25) is 0 Å². The Morgan fingerprint density at radius 1 is 0.267 bits per heavy atom. The summed E-state index contributed by atoms with van der Waals surface area (Å²) in [4.78, 5) is 2.56. The third-order valence-electron chi connectivity index (χ3n) is 18.1. The van der Waals surface area contributed by atoms with Crippen molar-refractivity contribution in [3.05, 3.63) is 304 Å². The van der Waals surface area contributed by atoms with Crippen LogP contribution >= 0.6 is 0 Å².